The van der Waals surface area contributed by atoms with Crippen molar-refractivity contribution in [2.75, 3.05) is 25.2 Å². The molecule has 0 aromatic heterocycles. The summed E-state index contributed by atoms with van der Waals surface area (Å²) in [6.45, 7) is 2.56. The molecule has 2 unspecified atom stereocenters. The number of nitrogens with zero attached hydrogens (tertiary/aromatic N) is 1. The van der Waals surface area contributed by atoms with Crippen LogP contribution in [0.5, 0.6) is 0 Å². The quantitative estimate of drug-likeness (QED) is 0.758. The van der Waals surface area contributed by atoms with Crippen molar-refractivity contribution in [3.63, 3.8) is 0 Å². The Morgan fingerprint density at radius 3 is 2.73 bits per heavy atom. The number of para-hydroxylation sites is 1. The van der Waals surface area contributed by atoms with Crippen LogP contribution in [0.3, 0.4) is 0 Å². The second-order valence-electron chi connectivity index (χ2n) is 5.44. The number of rotatable bonds is 6. The Hall–Kier alpha value is -1.92. The van der Waals surface area contributed by atoms with E-state index in [1.807, 2.05) is 25.1 Å². The first-order valence-electron chi connectivity index (χ1n) is 7.42. The van der Waals surface area contributed by atoms with Gasteiger partial charge in [0.2, 0.25) is 5.60 Å². The second-order valence-corrected chi connectivity index (χ2v) is 5.44. The van der Waals surface area contributed by atoms with Gasteiger partial charge >= 0.3 is 0 Å². The van der Waals surface area contributed by atoms with Crippen LogP contribution in [0.4, 0.5) is 5.69 Å². The van der Waals surface area contributed by atoms with Gasteiger partial charge in [0.1, 0.15) is 0 Å². The van der Waals surface area contributed by atoms with Crippen molar-refractivity contribution in [1.29, 1.82) is 0 Å². The van der Waals surface area contributed by atoms with Gasteiger partial charge in [-0.15, -0.1) is 0 Å². The van der Waals surface area contributed by atoms with Gasteiger partial charge in [-0.1, -0.05) is 25.1 Å². The van der Waals surface area contributed by atoms with E-state index < -0.39 is 17.4 Å². The lowest BCUT2D eigenvalue weighted by molar-refractivity contribution is -0.150. The van der Waals surface area contributed by atoms with Crippen LogP contribution in [0, 0.1) is 0 Å². The first-order chi connectivity index (χ1) is 10.5. The molecule has 1 aliphatic rings. The minimum Gasteiger partial charge on any atom is -0.383 e. The van der Waals surface area contributed by atoms with Crippen LogP contribution in [-0.2, 0) is 14.3 Å². The van der Waals surface area contributed by atoms with Gasteiger partial charge in [0, 0.05) is 25.8 Å². The summed E-state index contributed by atoms with van der Waals surface area (Å²) in [5.74, 6) is -1.23. The highest BCUT2D eigenvalue weighted by Gasteiger charge is 2.52. The molecule has 1 aromatic rings. The summed E-state index contributed by atoms with van der Waals surface area (Å²) in [6.07, 6.45) is 0.738. The third-order valence-corrected chi connectivity index (χ3v) is 3.94. The number of hydrogen-bond acceptors (Lipinski definition) is 4. The average Bonchev–Trinajstić information content (AvgIpc) is 2.84. The minimum absolute atomic E-state index is 0.0793. The molecule has 0 bridgehead atoms. The van der Waals surface area contributed by atoms with E-state index >= 15 is 0 Å². The van der Waals surface area contributed by atoms with E-state index in [0.717, 1.165) is 0 Å². The predicted molar refractivity (Wildman–Crippen MR) is 82.5 cm³/mol. The van der Waals surface area contributed by atoms with Crippen molar-refractivity contribution in [2.24, 2.45) is 0 Å². The van der Waals surface area contributed by atoms with E-state index in [9.17, 15) is 14.7 Å². The van der Waals surface area contributed by atoms with Gasteiger partial charge in [0.25, 0.3) is 11.8 Å². The zero-order valence-corrected chi connectivity index (χ0v) is 12.9. The fourth-order valence-electron chi connectivity index (χ4n) is 2.54. The monoisotopic (exact) mass is 306 g/mol. The summed E-state index contributed by atoms with van der Waals surface area (Å²) < 4.78 is 5.02. The van der Waals surface area contributed by atoms with E-state index in [4.69, 9.17) is 4.74 Å². The number of carbonyl (C=O) groups excluding carboxylic acids is 2. The first-order valence-corrected chi connectivity index (χ1v) is 7.42. The largest absolute Gasteiger partial charge is 0.383 e. The van der Waals surface area contributed by atoms with Gasteiger partial charge in [-0.05, 0) is 18.6 Å². The van der Waals surface area contributed by atoms with Crippen molar-refractivity contribution in [2.45, 2.75) is 31.4 Å². The highest BCUT2D eigenvalue weighted by Crippen LogP contribution is 2.28. The number of benzene rings is 1. The number of amides is 2. The highest BCUT2D eigenvalue weighted by atomic mass is 16.5. The molecule has 1 saturated heterocycles. The number of ether oxygens (including phenoxy) is 1. The molecule has 6 heteroatoms. The van der Waals surface area contributed by atoms with Gasteiger partial charge in [-0.25, -0.2) is 0 Å². The Balaban J connectivity index is 2.11. The predicted octanol–water partition coefficient (Wildman–Crippen LogP) is 0.696. The molecule has 2 amide bonds. The molecule has 2 atom stereocenters. The van der Waals surface area contributed by atoms with Crippen LogP contribution in [0.2, 0.25) is 0 Å². The normalized spacial score (nSPS) is 22.7. The van der Waals surface area contributed by atoms with E-state index in [0.29, 0.717) is 25.3 Å². The van der Waals surface area contributed by atoms with E-state index in [1.165, 1.54) is 4.90 Å². The molecule has 1 heterocycles. The van der Waals surface area contributed by atoms with Gasteiger partial charge in [0.05, 0.1) is 12.6 Å². The molecule has 1 aliphatic heterocycles. The molecular formula is C16H22N2O4. The average molecular weight is 306 g/mol. The maximum Gasteiger partial charge on any atom is 0.268 e. The standard InChI is InChI=1S/C16H22N2O4/c1-3-12(11-22-2)17-14(19)16(21)9-10-18(15(16)20)13-7-5-4-6-8-13/h4-8,12,21H,3,9-11H2,1-2H3,(H,17,19). The molecule has 6 nitrogen and oxygen atoms in total. The Bertz CT molecular complexity index is 534. The molecule has 120 valence electrons. The molecule has 0 radical (unpaired) electrons. The fourth-order valence-corrected chi connectivity index (χ4v) is 2.54. The lowest BCUT2D eigenvalue weighted by Gasteiger charge is -2.24. The van der Waals surface area contributed by atoms with Crippen LogP contribution in [0.25, 0.3) is 0 Å². The molecule has 2 N–H and O–H groups in total. The van der Waals surface area contributed by atoms with Gasteiger partial charge < -0.3 is 20.1 Å². The number of anilines is 1. The van der Waals surface area contributed by atoms with Crippen molar-refractivity contribution in [3.05, 3.63) is 30.3 Å². The smallest absolute Gasteiger partial charge is 0.268 e. The number of hydrogen-bond donors (Lipinski definition) is 2. The number of carbonyl (C=O) groups is 2. The summed E-state index contributed by atoms with van der Waals surface area (Å²) in [7, 11) is 1.54. The van der Waals surface area contributed by atoms with Crippen molar-refractivity contribution in [1.82, 2.24) is 5.32 Å². The Morgan fingerprint density at radius 1 is 1.45 bits per heavy atom. The topological polar surface area (TPSA) is 78.9 Å². The van der Waals surface area contributed by atoms with E-state index in [2.05, 4.69) is 5.32 Å². The summed E-state index contributed by atoms with van der Waals surface area (Å²) in [6, 6.07) is 8.81. The molecule has 0 saturated carbocycles. The second kappa shape index (κ2) is 6.89. The van der Waals surface area contributed by atoms with Crippen LogP contribution in [0.15, 0.2) is 30.3 Å². The Morgan fingerprint density at radius 2 is 2.14 bits per heavy atom. The number of aliphatic hydroxyl groups is 1. The molecule has 1 fully saturated rings. The van der Waals surface area contributed by atoms with Crippen molar-refractivity contribution in [3.8, 4) is 0 Å². The molecule has 0 spiro atoms. The molecule has 22 heavy (non-hydrogen) atoms. The van der Waals surface area contributed by atoms with Gasteiger partial charge in [-0.3, -0.25) is 9.59 Å². The van der Waals surface area contributed by atoms with Gasteiger partial charge in [0.15, 0.2) is 0 Å². The zero-order valence-electron chi connectivity index (χ0n) is 12.9. The van der Waals surface area contributed by atoms with Gasteiger partial charge in [-0.2, -0.15) is 0 Å². The zero-order chi connectivity index (χ0) is 16.2. The molecular weight excluding hydrogens is 284 g/mol. The maximum atomic E-state index is 12.5. The Kier molecular flexibility index (Phi) is 5.15. The van der Waals surface area contributed by atoms with Crippen LogP contribution >= 0.6 is 0 Å². The first kappa shape index (κ1) is 16.5. The molecule has 2 rings (SSSR count). The third-order valence-electron chi connectivity index (χ3n) is 3.94. The highest BCUT2D eigenvalue weighted by molar-refractivity contribution is 6.16. The molecule has 0 aliphatic carbocycles. The third kappa shape index (κ3) is 3.13. The van der Waals surface area contributed by atoms with E-state index in [1.54, 1.807) is 19.2 Å². The summed E-state index contributed by atoms with van der Waals surface area (Å²) in [5.41, 5.74) is -1.32. The van der Waals surface area contributed by atoms with Crippen LogP contribution in [0.1, 0.15) is 19.8 Å². The number of nitrogens with one attached hydrogen (secondary N) is 1. The van der Waals surface area contributed by atoms with Crippen molar-refractivity contribution < 1.29 is 19.4 Å². The summed E-state index contributed by atoms with van der Waals surface area (Å²) in [4.78, 5) is 26.3. The summed E-state index contributed by atoms with van der Waals surface area (Å²) >= 11 is 0. The van der Waals surface area contributed by atoms with E-state index in [-0.39, 0.29) is 12.5 Å². The van der Waals surface area contributed by atoms with Crippen molar-refractivity contribution >= 4 is 17.5 Å². The maximum absolute atomic E-state index is 12.5. The summed E-state index contributed by atoms with van der Waals surface area (Å²) in [5, 5.41) is 13.2. The minimum atomic E-state index is -2.00. The lowest BCUT2D eigenvalue weighted by atomic mass is 10.0. The number of methoxy groups -OCH3 is 1. The lowest BCUT2D eigenvalue weighted by Crippen LogP contribution is -2.55. The van der Waals surface area contributed by atoms with Crippen LogP contribution < -0.4 is 10.2 Å². The molecule has 1 aromatic carbocycles. The van der Waals surface area contributed by atoms with Crippen LogP contribution in [-0.4, -0.2) is 48.8 Å². The Labute approximate surface area is 130 Å². The fraction of sp³-hybridized carbons (Fsp3) is 0.500. The SMILES string of the molecule is CCC(COC)NC(=O)C1(O)CCN(c2ccccc2)C1=O.